The fourth-order valence-electron chi connectivity index (χ4n) is 1.14. The number of benzene rings is 1. The van der Waals surface area contributed by atoms with Crippen molar-refractivity contribution in [2.24, 2.45) is 0 Å². The molecule has 2 aromatic rings. The molecule has 3 nitrogen and oxygen atoms in total. The molecule has 0 bridgehead atoms. The van der Waals surface area contributed by atoms with Gasteiger partial charge in [0, 0.05) is 11.6 Å². The lowest BCUT2D eigenvalue weighted by Crippen LogP contribution is -1.78. The van der Waals surface area contributed by atoms with E-state index in [1.165, 1.54) is 12.1 Å². The second-order valence-corrected chi connectivity index (χ2v) is 2.50. The van der Waals surface area contributed by atoms with Gasteiger partial charge in [-0.15, -0.1) is 0 Å². The molecule has 2 N–H and O–H groups in total. The minimum atomic E-state index is 0. The number of aromatic nitrogens is 1. The van der Waals surface area contributed by atoms with Crippen LogP contribution >= 0.6 is 0 Å². The number of hydrogen-bond acceptors (Lipinski definition) is 3. The summed E-state index contributed by atoms with van der Waals surface area (Å²) in [5.74, 6) is 0.222. The van der Waals surface area contributed by atoms with E-state index in [-0.39, 0.29) is 18.9 Å². The summed E-state index contributed by atoms with van der Waals surface area (Å²) < 4.78 is 0. The zero-order valence-corrected chi connectivity index (χ0v) is 6.23. The van der Waals surface area contributed by atoms with Crippen LogP contribution in [0.4, 0.5) is 0 Å². The number of fused-ring (bicyclic) bond motifs is 1. The Morgan fingerprint density at radius 2 is 1.69 bits per heavy atom. The molecule has 0 atom stereocenters. The maximum Gasteiger partial charge on any atom is 0.142 e. The van der Waals surface area contributed by atoms with Crippen LogP contribution in [0.25, 0.3) is 10.9 Å². The lowest BCUT2D eigenvalue weighted by Gasteiger charge is -2.00. The molecule has 0 fully saturated rings. The van der Waals surface area contributed by atoms with Crippen molar-refractivity contribution < 1.29 is 10.2 Å². The van der Waals surface area contributed by atoms with E-state index in [9.17, 15) is 10.2 Å². The number of rotatable bonds is 0. The number of hydrogen-bond donors (Lipinski definition) is 2. The Labute approximate surface area is 76.3 Å². The van der Waals surface area contributed by atoms with Crippen molar-refractivity contribution in [3.63, 3.8) is 0 Å². The van der Waals surface area contributed by atoms with Gasteiger partial charge in [-0.2, -0.15) is 0 Å². The number of phenols is 2. The lowest BCUT2D eigenvalue weighted by molar-refractivity contribution is 0.468. The summed E-state index contributed by atoms with van der Waals surface area (Å²) in [7, 11) is 0. The number of nitrogens with zero attached hydrogens (tertiary/aromatic N) is 1. The molecular formula is C10H11NO2. The van der Waals surface area contributed by atoms with E-state index < -0.39 is 0 Å². The van der Waals surface area contributed by atoms with Crippen LogP contribution in [0.2, 0.25) is 0 Å². The molecule has 0 amide bonds. The molecule has 13 heavy (non-hydrogen) atoms. The summed E-state index contributed by atoms with van der Waals surface area (Å²) in [6, 6.07) is 6.28. The molecule has 0 saturated carbocycles. The van der Waals surface area contributed by atoms with Crippen molar-refractivity contribution in [3.8, 4) is 11.5 Å². The molecular weight excluding hydrogens is 166 g/mol. The van der Waals surface area contributed by atoms with Gasteiger partial charge in [0.2, 0.25) is 0 Å². The largest absolute Gasteiger partial charge is 0.507 e. The highest BCUT2D eigenvalue weighted by atomic mass is 16.3. The molecule has 0 saturated heterocycles. The summed E-state index contributed by atoms with van der Waals surface area (Å²) in [4.78, 5) is 3.93. The minimum absolute atomic E-state index is 0. The first-order chi connectivity index (χ1) is 5.79. The Kier molecular flexibility index (Phi) is 2.37. The highest BCUT2D eigenvalue weighted by Gasteiger charge is 2.03. The topological polar surface area (TPSA) is 53.4 Å². The van der Waals surface area contributed by atoms with Crippen LogP contribution in [0, 0.1) is 0 Å². The second-order valence-electron chi connectivity index (χ2n) is 2.50. The van der Waals surface area contributed by atoms with Gasteiger partial charge in [-0.25, -0.2) is 0 Å². The molecule has 68 valence electrons. The highest BCUT2D eigenvalue weighted by molar-refractivity contribution is 5.89. The third-order valence-electron chi connectivity index (χ3n) is 1.73. The highest BCUT2D eigenvalue weighted by Crippen LogP contribution is 2.28. The molecule has 0 unspecified atom stereocenters. The molecule has 3 heteroatoms. The number of aromatic hydroxyl groups is 2. The summed E-state index contributed by atoms with van der Waals surface area (Å²) in [6.07, 6.45) is 1.57. The first kappa shape index (κ1) is 9.32. The first-order valence-electron chi connectivity index (χ1n) is 3.55. The molecule has 1 aromatic carbocycles. The van der Waals surface area contributed by atoms with Gasteiger partial charge in [0.15, 0.2) is 0 Å². The Bertz CT molecular complexity index is 386. The third kappa shape index (κ3) is 1.40. The van der Waals surface area contributed by atoms with Crippen LogP contribution in [0.5, 0.6) is 11.5 Å². The van der Waals surface area contributed by atoms with Gasteiger partial charge in [0.25, 0.3) is 0 Å². The Hall–Kier alpha value is -1.77. The predicted octanol–water partition coefficient (Wildman–Crippen LogP) is 2.28. The molecule has 2 rings (SSSR count). The van der Waals surface area contributed by atoms with Gasteiger partial charge in [0.1, 0.15) is 17.0 Å². The van der Waals surface area contributed by atoms with Gasteiger partial charge in [-0.3, -0.25) is 4.98 Å². The van der Waals surface area contributed by atoms with E-state index in [0.717, 1.165) is 0 Å². The molecule has 0 aliphatic heterocycles. The van der Waals surface area contributed by atoms with E-state index in [2.05, 4.69) is 4.98 Å². The normalized spacial score (nSPS) is 9.54. The SMILES string of the molecule is C.Oc1ccc(O)c2ncccc12. The zero-order valence-electron chi connectivity index (χ0n) is 6.23. The van der Waals surface area contributed by atoms with Gasteiger partial charge in [0.05, 0.1) is 0 Å². The van der Waals surface area contributed by atoms with Gasteiger partial charge in [-0.1, -0.05) is 7.43 Å². The average Bonchev–Trinajstić information content (AvgIpc) is 2.12. The third-order valence-corrected chi connectivity index (χ3v) is 1.73. The first-order valence-corrected chi connectivity index (χ1v) is 3.55. The van der Waals surface area contributed by atoms with Crippen LogP contribution in [0.1, 0.15) is 7.43 Å². The molecule has 0 aliphatic carbocycles. The molecule has 1 aromatic heterocycles. The van der Waals surface area contributed by atoms with Crippen molar-refractivity contribution in [2.75, 3.05) is 0 Å². The zero-order chi connectivity index (χ0) is 8.55. The second kappa shape index (κ2) is 3.31. The molecule has 1 heterocycles. The smallest absolute Gasteiger partial charge is 0.142 e. The van der Waals surface area contributed by atoms with Crippen molar-refractivity contribution in [1.82, 2.24) is 4.98 Å². The number of pyridine rings is 1. The maximum absolute atomic E-state index is 9.34. The summed E-state index contributed by atoms with van der Waals surface area (Å²) in [6.45, 7) is 0. The van der Waals surface area contributed by atoms with Gasteiger partial charge < -0.3 is 10.2 Å². The van der Waals surface area contributed by atoms with Gasteiger partial charge >= 0.3 is 0 Å². The van der Waals surface area contributed by atoms with E-state index in [4.69, 9.17) is 0 Å². The fraction of sp³-hybridized carbons (Fsp3) is 0.100. The number of phenolic OH excluding ortho intramolecular Hbond substituents is 2. The van der Waals surface area contributed by atoms with Crippen LogP contribution in [0.15, 0.2) is 30.5 Å². The van der Waals surface area contributed by atoms with E-state index in [1.54, 1.807) is 18.3 Å². The summed E-state index contributed by atoms with van der Waals surface area (Å²) in [5, 5.41) is 19.2. The minimum Gasteiger partial charge on any atom is -0.507 e. The summed E-state index contributed by atoms with van der Waals surface area (Å²) >= 11 is 0. The van der Waals surface area contributed by atoms with Gasteiger partial charge in [-0.05, 0) is 24.3 Å². The van der Waals surface area contributed by atoms with Crippen molar-refractivity contribution in [1.29, 1.82) is 0 Å². The summed E-state index contributed by atoms with van der Waals surface area (Å²) in [5.41, 5.74) is 0.428. The Morgan fingerprint density at radius 1 is 1.00 bits per heavy atom. The predicted molar refractivity (Wildman–Crippen MR) is 51.8 cm³/mol. The average molecular weight is 177 g/mol. The lowest BCUT2D eigenvalue weighted by atomic mass is 10.2. The monoisotopic (exact) mass is 177 g/mol. The quantitative estimate of drug-likeness (QED) is 0.607. The molecule has 0 radical (unpaired) electrons. The van der Waals surface area contributed by atoms with Crippen molar-refractivity contribution in [2.45, 2.75) is 7.43 Å². The van der Waals surface area contributed by atoms with Crippen molar-refractivity contribution in [3.05, 3.63) is 30.5 Å². The maximum atomic E-state index is 9.34. The van der Waals surface area contributed by atoms with Crippen LogP contribution in [-0.4, -0.2) is 15.2 Å². The van der Waals surface area contributed by atoms with E-state index >= 15 is 0 Å². The standard InChI is InChI=1S/C9H7NO2.CH4/c11-7-3-4-8(12)9-6(7)2-1-5-10-9;/h1-5,11-12H;1H4. The Balaban J connectivity index is 0.000000845. The fourth-order valence-corrected chi connectivity index (χ4v) is 1.14. The molecule has 0 spiro atoms. The van der Waals surface area contributed by atoms with Crippen molar-refractivity contribution >= 4 is 10.9 Å². The Morgan fingerprint density at radius 3 is 2.38 bits per heavy atom. The molecule has 0 aliphatic rings. The van der Waals surface area contributed by atoms with E-state index in [0.29, 0.717) is 10.9 Å². The van der Waals surface area contributed by atoms with Crippen LogP contribution in [0.3, 0.4) is 0 Å². The van der Waals surface area contributed by atoms with Crippen LogP contribution in [-0.2, 0) is 0 Å². The van der Waals surface area contributed by atoms with Crippen LogP contribution < -0.4 is 0 Å². The van der Waals surface area contributed by atoms with E-state index in [1.807, 2.05) is 0 Å².